The molecule has 0 N–H and O–H groups in total. The van der Waals surface area contributed by atoms with E-state index in [1.165, 1.54) is 58.5 Å². The van der Waals surface area contributed by atoms with E-state index in [9.17, 15) is 0 Å². The maximum atomic E-state index is 4.23. The third-order valence-corrected chi connectivity index (χ3v) is 4.70. The minimum absolute atomic E-state index is 0.196. The molecule has 2 fully saturated rings. The van der Waals surface area contributed by atoms with E-state index in [4.69, 9.17) is 0 Å². The summed E-state index contributed by atoms with van der Waals surface area (Å²) < 4.78 is 0. The number of hydrogen-bond donors (Lipinski definition) is 0. The van der Waals surface area contributed by atoms with E-state index >= 15 is 0 Å². The lowest BCUT2D eigenvalue weighted by molar-refractivity contribution is -0.0716. The van der Waals surface area contributed by atoms with Gasteiger partial charge in [0.1, 0.15) is 0 Å². The minimum Gasteiger partial charge on any atom is -0.304 e. The van der Waals surface area contributed by atoms with Gasteiger partial charge in [0.25, 0.3) is 0 Å². The van der Waals surface area contributed by atoms with Crippen LogP contribution >= 0.6 is 0 Å². The number of hydrogen-bond acceptors (Lipinski definition) is 3. The molecular formula is C14H28N3. The van der Waals surface area contributed by atoms with Gasteiger partial charge in [-0.15, -0.1) is 0 Å². The van der Waals surface area contributed by atoms with Gasteiger partial charge in [-0.2, -0.15) is 0 Å². The maximum Gasteiger partial charge on any atom is 0.0709 e. The highest BCUT2D eigenvalue weighted by Crippen LogP contribution is 2.28. The van der Waals surface area contributed by atoms with Gasteiger partial charge in [-0.05, 0) is 46.3 Å². The van der Waals surface area contributed by atoms with Crippen LogP contribution in [0.25, 0.3) is 0 Å². The zero-order chi connectivity index (χ0) is 12.3. The third-order valence-electron chi connectivity index (χ3n) is 4.70. The molecule has 2 heterocycles. The first-order valence-electron chi connectivity index (χ1n) is 7.15. The smallest absolute Gasteiger partial charge is 0.0709 e. The van der Waals surface area contributed by atoms with Crippen LogP contribution in [0.1, 0.15) is 32.6 Å². The van der Waals surface area contributed by atoms with Crippen LogP contribution in [0.4, 0.5) is 0 Å². The van der Waals surface area contributed by atoms with Gasteiger partial charge in [-0.1, -0.05) is 13.3 Å². The molecule has 99 valence electrons. The van der Waals surface area contributed by atoms with Gasteiger partial charge >= 0.3 is 0 Å². The Morgan fingerprint density at radius 2 is 1.41 bits per heavy atom. The molecule has 2 saturated heterocycles. The van der Waals surface area contributed by atoms with Crippen LogP contribution in [0, 0.1) is 6.92 Å². The van der Waals surface area contributed by atoms with Crippen LogP contribution < -0.4 is 0 Å². The topological polar surface area (TPSA) is 9.72 Å². The number of rotatable bonds is 3. The molecular weight excluding hydrogens is 210 g/mol. The van der Waals surface area contributed by atoms with Crippen molar-refractivity contribution in [1.82, 2.24) is 14.7 Å². The van der Waals surface area contributed by atoms with Crippen molar-refractivity contribution in [1.29, 1.82) is 0 Å². The molecule has 1 radical (unpaired) electrons. The quantitative estimate of drug-likeness (QED) is 0.740. The summed E-state index contributed by atoms with van der Waals surface area (Å²) in [6.45, 7) is 13.9. The number of likely N-dealkylation sites (N-methyl/N-ethyl adjacent to an activating group) is 1. The standard InChI is InChI=1S/C14H28N3/c1-4-14(2,16-8-6-5-7-9-16)17-12-10-15(3)11-13-17/h1,4-13H2,2-3H3. The molecule has 1 atom stereocenters. The van der Waals surface area contributed by atoms with Crippen molar-refractivity contribution in [3.8, 4) is 0 Å². The predicted octanol–water partition coefficient (Wildman–Crippen LogP) is 1.66. The largest absolute Gasteiger partial charge is 0.304 e. The van der Waals surface area contributed by atoms with Crippen molar-refractivity contribution in [2.45, 2.75) is 38.3 Å². The summed E-state index contributed by atoms with van der Waals surface area (Å²) in [6, 6.07) is 0. The first-order valence-corrected chi connectivity index (χ1v) is 7.15. The van der Waals surface area contributed by atoms with Crippen molar-refractivity contribution in [2.75, 3.05) is 46.3 Å². The summed E-state index contributed by atoms with van der Waals surface area (Å²) in [5, 5.41) is 0. The van der Waals surface area contributed by atoms with Gasteiger partial charge < -0.3 is 4.90 Å². The summed E-state index contributed by atoms with van der Waals surface area (Å²) in [4.78, 5) is 7.76. The summed E-state index contributed by atoms with van der Waals surface area (Å²) in [5.74, 6) is 0. The number of likely N-dealkylation sites (tertiary alicyclic amines) is 1. The molecule has 2 aliphatic rings. The highest BCUT2D eigenvalue weighted by atomic mass is 15.4. The molecule has 0 aliphatic carbocycles. The van der Waals surface area contributed by atoms with Crippen molar-refractivity contribution in [3.63, 3.8) is 0 Å². The first kappa shape index (κ1) is 13.3. The molecule has 0 spiro atoms. The summed E-state index contributed by atoms with van der Waals surface area (Å²) in [5.41, 5.74) is 0.196. The fourth-order valence-corrected chi connectivity index (χ4v) is 3.18. The fourth-order valence-electron chi connectivity index (χ4n) is 3.18. The molecule has 0 bridgehead atoms. The van der Waals surface area contributed by atoms with Crippen LogP contribution in [0.15, 0.2) is 0 Å². The molecule has 17 heavy (non-hydrogen) atoms. The molecule has 0 amide bonds. The number of nitrogens with zero attached hydrogens (tertiary/aromatic N) is 3. The predicted molar refractivity (Wildman–Crippen MR) is 72.9 cm³/mol. The number of piperidine rings is 1. The van der Waals surface area contributed by atoms with E-state index in [0.29, 0.717) is 0 Å². The first-order chi connectivity index (χ1) is 8.16. The summed E-state index contributed by atoms with van der Waals surface area (Å²) >= 11 is 0. The van der Waals surface area contributed by atoms with Crippen LogP contribution in [0.3, 0.4) is 0 Å². The van der Waals surface area contributed by atoms with E-state index in [-0.39, 0.29) is 5.66 Å². The van der Waals surface area contributed by atoms with E-state index in [2.05, 4.69) is 35.6 Å². The van der Waals surface area contributed by atoms with Gasteiger partial charge in [-0.3, -0.25) is 9.80 Å². The molecule has 3 heteroatoms. The molecule has 3 nitrogen and oxygen atoms in total. The molecule has 2 rings (SSSR count). The Morgan fingerprint density at radius 3 is 1.94 bits per heavy atom. The molecule has 0 aromatic carbocycles. The Bertz CT molecular complexity index is 230. The lowest BCUT2D eigenvalue weighted by Gasteiger charge is -2.52. The van der Waals surface area contributed by atoms with Crippen molar-refractivity contribution < 1.29 is 0 Å². The van der Waals surface area contributed by atoms with E-state index < -0.39 is 0 Å². The lowest BCUT2D eigenvalue weighted by atomic mass is 9.99. The second-order valence-corrected chi connectivity index (χ2v) is 5.81. The Balaban J connectivity index is 2.01. The highest BCUT2D eigenvalue weighted by Gasteiger charge is 2.37. The van der Waals surface area contributed by atoms with Crippen molar-refractivity contribution in [2.24, 2.45) is 0 Å². The Hall–Kier alpha value is -0.120. The van der Waals surface area contributed by atoms with E-state index in [0.717, 1.165) is 6.42 Å². The Labute approximate surface area is 107 Å². The molecule has 0 saturated carbocycles. The average molecular weight is 238 g/mol. The van der Waals surface area contributed by atoms with Gasteiger partial charge in [0.15, 0.2) is 0 Å². The average Bonchev–Trinajstić information content (AvgIpc) is 2.40. The third kappa shape index (κ3) is 2.83. The Kier molecular flexibility index (Phi) is 4.45. The normalized spacial score (nSPS) is 29.1. The van der Waals surface area contributed by atoms with Crippen LogP contribution in [-0.2, 0) is 0 Å². The zero-order valence-corrected chi connectivity index (χ0v) is 11.6. The second kappa shape index (κ2) is 5.68. The van der Waals surface area contributed by atoms with E-state index in [1.54, 1.807) is 0 Å². The van der Waals surface area contributed by atoms with Gasteiger partial charge in [0, 0.05) is 26.2 Å². The fraction of sp³-hybridized carbons (Fsp3) is 0.929. The van der Waals surface area contributed by atoms with Crippen molar-refractivity contribution >= 4 is 0 Å². The second-order valence-electron chi connectivity index (χ2n) is 5.81. The Morgan fingerprint density at radius 1 is 0.882 bits per heavy atom. The van der Waals surface area contributed by atoms with Crippen molar-refractivity contribution in [3.05, 3.63) is 6.92 Å². The number of piperazine rings is 1. The van der Waals surface area contributed by atoms with Crippen LogP contribution in [0.2, 0.25) is 0 Å². The molecule has 1 unspecified atom stereocenters. The molecule has 0 aromatic heterocycles. The SMILES string of the molecule is [CH2]CC(C)(N1CCCCC1)N1CCN(C)CC1. The van der Waals surface area contributed by atoms with Gasteiger partial charge in [0.2, 0.25) is 0 Å². The van der Waals surface area contributed by atoms with E-state index in [1.807, 2.05) is 0 Å². The molecule has 0 aromatic rings. The summed E-state index contributed by atoms with van der Waals surface area (Å²) in [6.07, 6.45) is 5.13. The molecule has 2 aliphatic heterocycles. The lowest BCUT2D eigenvalue weighted by Crippen LogP contribution is -2.63. The monoisotopic (exact) mass is 238 g/mol. The van der Waals surface area contributed by atoms with Gasteiger partial charge in [0.05, 0.1) is 5.66 Å². The van der Waals surface area contributed by atoms with Crippen LogP contribution in [-0.4, -0.2) is 66.7 Å². The summed E-state index contributed by atoms with van der Waals surface area (Å²) in [7, 11) is 2.22. The maximum absolute atomic E-state index is 4.23. The zero-order valence-electron chi connectivity index (χ0n) is 11.6. The van der Waals surface area contributed by atoms with Crippen LogP contribution in [0.5, 0.6) is 0 Å². The van der Waals surface area contributed by atoms with Gasteiger partial charge in [-0.25, -0.2) is 0 Å². The minimum atomic E-state index is 0.196. The highest BCUT2D eigenvalue weighted by molar-refractivity contribution is 4.91.